The zero-order valence-electron chi connectivity index (χ0n) is 9.52. The molecule has 1 saturated carbocycles. The summed E-state index contributed by atoms with van der Waals surface area (Å²) in [5, 5.41) is 8.58. The minimum absolute atomic E-state index is 0.121. The van der Waals surface area contributed by atoms with Crippen molar-refractivity contribution in [3.05, 3.63) is 0 Å². The number of hydrogen-bond acceptors (Lipinski definition) is 3. The molecule has 0 bridgehead atoms. The summed E-state index contributed by atoms with van der Waals surface area (Å²) in [5.74, 6) is 0.529. The van der Waals surface area contributed by atoms with E-state index in [9.17, 15) is 4.79 Å². The molecule has 90 valence electrons. The molecule has 4 nitrogen and oxygen atoms in total. The Bertz CT molecular complexity index is 282. The van der Waals surface area contributed by atoms with Gasteiger partial charge < -0.3 is 9.84 Å². The third-order valence-corrected chi connectivity index (χ3v) is 3.48. The molecule has 1 heterocycles. The van der Waals surface area contributed by atoms with E-state index >= 15 is 0 Å². The van der Waals surface area contributed by atoms with E-state index in [1.54, 1.807) is 0 Å². The summed E-state index contributed by atoms with van der Waals surface area (Å²) in [6.45, 7) is 0.666. The van der Waals surface area contributed by atoms with Crippen LogP contribution in [0.25, 0.3) is 0 Å². The van der Waals surface area contributed by atoms with Gasteiger partial charge in [0.05, 0.1) is 12.5 Å². The highest BCUT2D eigenvalue weighted by atomic mass is 16.5. The number of hydrogen-bond donors (Lipinski definition) is 1. The van der Waals surface area contributed by atoms with Crippen LogP contribution in [0, 0.1) is 5.92 Å². The van der Waals surface area contributed by atoms with Crippen LogP contribution in [0.4, 0.5) is 0 Å². The van der Waals surface area contributed by atoms with E-state index in [0.29, 0.717) is 30.9 Å². The van der Waals surface area contributed by atoms with Gasteiger partial charge in [-0.3, -0.25) is 4.79 Å². The minimum Gasteiger partial charge on any atom is -0.481 e. The molecule has 16 heavy (non-hydrogen) atoms. The summed E-state index contributed by atoms with van der Waals surface area (Å²) in [5.41, 5.74) is 0. The second-order valence-corrected chi connectivity index (χ2v) is 4.69. The number of carbonyl (C=O) groups is 1. The average Bonchev–Trinajstić information content (AvgIpc) is 2.76. The highest BCUT2D eigenvalue weighted by Gasteiger charge is 2.28. The van der Waals surface area contributed by atoms with Gasteiger partial charge in [0, 0.05) is 6.42 Å². The fourth-order valence-corrected chi connectivity index (χ4v) is 2.55. The number of aliphatic imine (C=N–C) groups is 1. The van der Waals surface area contributed by atoms with E-state index < -0.39 is 5.97 Å². The minimum atomic E-state index is -0.785. The Labute approximate surface area is 95.7 Å². The SMILES string of the molecule is O=C(O)CCC1=NC(C2CCCCC2)CO1. The van der Waals surface area contributed by atoms with Crippen molar-refractivity contribution in [2.24, 2.45) is 10.9 Å². The molecule has 1 unspecified atom stereocenters. The molecule has 1 aliphatic carbocycles. The van der Waals surface area contributed by atoms with Crippen LogP contribution in [-0.4, -0.2) is 29.6 Å². The lowest BCUT2D eigenvalue weighted by atomic mass is 9.84. The molecular weight excluding hydrogens is 206 g/mol. The van der Waals surface area contributed by atoms with Crippen LogP contribution in [0.15, 0.2) is 4.99 Å². The van der Waals surface area contributed by atoms with Gasteiger partial charge in [0.25, 0.3) is 0 Å². The summed E-state index contributed by atoms with van der Waals surface area (Å²) in [7, 11) is 0. The molecule has 0 aromatic rings. The third kappa shape index (κ3) is 2.97. The summed E-state index contributed by atoms with van der Waals surface area (Å²) in [4.78, 5) is 14.9. The van der Waals surface area contributed by atoms with E-state index in [1.165, 1.54) is 32.1 Å². The van der Waals surface area contributed by atoms with Crippen molar-refractivity contribution in [2.45, 2.75) is 51.0 Å². The fourth-order valence-electron chi connectivity index (χ4n) is 2.55. The van der Waals surface area contributed by atoms with Crippen molar-refractivity contribution in [1.82, 2.24) is 0 Å². The summed E-state index contributed by atoms with van der Waals surface area (Å²) in [6, 6.07) is 0.295. The molecule has 4 heteroatoms. The van der Waals surface area contributed by atoms with Crippen LogP contribution in [0.1, 0.15) is 44.9 Å². The Kier molecular flexibility index (Phi) is 3.80. The number of carboxylic acids is 1. The van der Waals surface area contributed by atoms with Crippen molar-refractivity contribution >= 4 is 11.9 Å². The number of nitrogens with zero attached hydrogens (tertiary/aromatic N) is 1. The first-order valence-corrected chi connectivity index (χ1v) is 6.17. The van der Waals surface area contributed by atoms with E-state index in [2.05, 4.69) is 4.99 Å². The highest BCUT2D eigenvalue weighted by molar-refractivity contribution is 5.81. The quantitative estimate of drug-likeness (QED) is 0.798. The van der Waals surface area contributed by atoms with E-state index in [4.69, 9.17) is 9.84 Å². The Balaban J connectivity index is 1.82. The molecule has 0 aromatic carbocycles. The standard InChI is InChI=1S/C12H19NO3/c14-12(15)7-6-11-13-10(8-16-11)9-4-2-1-3-5-9/h9-10H,1-8H2,(H,14,15). The smallest absolute Gasteiger partial charge is 0.303 e. The molecule has 0 radical (unpaired) electrons. The molecule has 0 saturated heterocycles. The van der Waals surface area contributed by atoms with Crippen LogP contribution in [0.3, 0.4) is 0 Å². The predicted molar refractivity (Wildman–Crippen MR) is 60.6 cm³/mol. The Hall–Kier alpha value is -1.06. The Morgan fingerprint density at radius 2 is 2.12 bits per heavy atom. The number of carboxylic acid groups (broad SMARTS) is 1. The van der Waals surface area contributed by atoms with Gasteiger partial charge in [0.2, 0.25) is 0 Å². The molecule has 0 amide bonds. The second-order valence-electron chi connectivity index (χ2n) is 4.69. The van der Waals surface area contributed by atoms with Crippen LogP contribution in [0.2, 0.25) is 0 Å². The summed E-state index contributed by atoms with van der Waals surface area (Å²) in [6.07, 6.45) is 7.03. The maximum absolute atomic E-state index is 10.4. The molecule has 2 aliphatic rings. The van der Waals surface area contributed by atoms with Crippen molar-refractivity contribution in [3.8, 4) is 0 Å². The Morgan fingerprint density at radius 1 is 1.38 bits per heavy atom. The van der Waals surface area contributed by atoms with Crippen LogP contribution in [-0.2, 0) is 9.53 Å². The average molecular weight is 225 g/mol. The topological polar surface area (TPSA) is 58.9 Å². The number of ether oxygens (including phenoxy) is 1. The molecule has 1 N–H and O–H groups in total. The number of rotatable bonds is 4. The first-order valence-electron chi connectivity index (χ1n) is 6.17. The molecule has 1 fully saturated rings. The maximum Gasteiger partial charge on any atom is 0.303 e. The Morgan fingerprint density at radius 3 is 2.81 bits per heavy atom. The van der Waals surface area contributed by atoms with Gasteiger partial charge in [0.15, 0.2) is 5.90 Å². The predicted octanol–water partition coefficient (Wildman–Crippen LogP) is 2.23. The highest BCUT2D eigenvalue weighted by Crippen LogP contribution is 2.30. The van der Waals surface area contributed by atoms with Crippen molar-refractivity contribution < 1.29 is 14.6 Å². The van der Waals surface area contributed by atoms with Gasteiger partial charge in [-0.25, -0.2) is 4.99 Å². The zero-order valence-corrected chi connectivity index (χ0v) is 9.52. The largest absolute Gasteiger partial charge is 0.481 e. The van der Waals surface area contributed by atoms with Crippen LogP contribution < -0.4 is 0 Å². The van der Waals surface area contributed by atoms with Gasteiger partial charge >= 0.3 is 5.97 Å². The van der Waals surface area contributed by atoms with Gasteiger partial charge in [-0.05, 0) is 18.8 Å². The maximum atomic E-state index is 10.4. The summed E-state index contributed by atoms with van der Waals surface area (Å²) < 4.78 is 5.46. The lowest BCUT2D eigenvalue weighted by molar-refractivity contribution is -0.136. The van der Waals surface area contributed by atoms with Gasteiger partial charge in [-0.15, -0.1) is 0 Å². The van der Waals surface area contributed by atoms with Crippen molar-refractivity contribution in [1.29, 1.82) is 0 Å². The fraction of sp³-hybridized carbons (Fsp3) is 0.833. The van der Waals surface area contributed by atoms with Crippen molar-refractivity contribution in [2.75, 3.05) is 6.61 Å². The van der Waals surface area contributed by atoms with Crippen LogP contribution in [0.5, 0.6) is 0 Å². The number of aliphatic carboxylic acids is 1. The molecule has 1 aliphatic heterocycles. The molecular formula is C12H19NO3. The van der Waals surface area contributed by atoms with E-state index in [0.717, 1.165) is 0 Å². The zero-order chi connectivity index (χ0) is 11.4. The van der Waals surface area contributed by atoms with Crippen molar-refractivity contribution in [3.63, 3.8) is 0 Å². The van der Waals surface area contributed by atoms with E-state index in [-0.39, 0.29) is 6.42 Å². The van der Waals surface area contributed by atoms with Crippen LogP contribution >= 0.6 is 0 Å². The molecule has 0 spiro atoms. The van der Waals surface area contributed by atoms with Gasteiger partial charge in [-0.2, -0.15) is 0 Å². The monoisotopic (exact) mass is 225 g/mol. The lowest BCUT2D eigenvalue weighted by Crippen LogP contribution is -2.22. The normalized spacial score (nSPS) is 26.2. The second kappa shape index (κ2) is 5.32. The van der Waals surface area contributed by atoms with Gasteiger partial charge in [-0.1, -0.05) is 19.3 Å². The lowest BCUT2D eigenvalue weighted by Gasteiger charge is -2.24. The molecule has 0 aromatic heterocycles. The first kappa shape index (κ1) is 11.4. The molecule has 1 atom stereocenters. The van der Waals surface area contributed by atoms with E-state index in [1.807, 2.05) is 0 Å². The molecule has 2 rings (SSSR count). The summed E-state index contributed by atoms with van der Waals surface area (Å²) >= 11 is 0. The third-order valence-electron chi connectivity index (χ3n) is 3.48. The van der Waals surface area contributed by atoms with Gasteiger partial charge in [0.1, 0.15) is 6.61 Å². The first-order chi connectivity index (χ1) is 7.75.